The largest absolute Gasteiger partial charge is 0.0713 e. The first-order chi connectivity index (χ1) is 21.4. The molecule has 0 bridgehead atoms. The first-order valence-electron chi connectivity index (χ1n) is 16.0. The highest BCUT2D eigenvalue weighted by Gasteiger charge is 2.45. The van der Waals surface area contributed by atoms with E-state index >= 15 is 0 Å². The molecule has 2 aliphatic carbocycles. The summed E-state index contributed by atoms with van der Waals surface area (Å²) in [6.45, 7) is 12.9. The quantitative estimate of drug-likeness (QED) is 0.194. The van der Waals surface area contributed by atoms with E-state index in [1.165, 1.54) is 66.8 Å². The molecular weight excluding hydrogens is 528 g/mol. The molecule has 0 heteroatoms. The summed E-state index contributed by atoms with van der Waals surface area (Å²) in [6.07, 6.45) is 0. The summed E-state index contributed by atoms with van der Waals surface area (Å²) in [5.41, 5.74) is 16.3. The van der Waals surface area contributed by atoms with Gasteiger partial charge in [-0.15, -0.1) is 0 Å². The Bertz CT molecular complexity index is 1760. The van der Waals surface area contributed by atoms with E-state index in [9.17, 15) is 0 Å². The van der Waals surface area contributed by atoms with Gasteiger partial charge in [0, 0.05) is 5.41 Å². The molecule has 0 N–H and O–H groups in total. The molecular formula is C44H42. The third-order valence-electron chi connectivity index (χ3n) is 9.41. The molecule has 6 aromatic rings. The highest BCUT2D eigenvalue weighted by atomic mass is 14.5. The predicted molar refractivity (Wildman–Crippen MR) is 189 cm³/mol. The minimum atomic E-state index is -0.269. The number of rotatable bonds is 2. The van der Waals surface area contributed by atoms with Gasteiger partial charge in [0.25, 0.3) is 0 Å². The van der Waals surface area contributed by atoms with Gasteiger partial charge in [-0.25, -0.2) is 0 Å². The van der Waals surface area contributed by atoms with Crippen molar-refractivity contribution in [1.82, 2.24) is 0 Å². The number of hydrogen-bond acceptors (Lipinski definition) is 0. The van der Waals surface area contributed by atoms with E-state index in [2.05, 4.69) is 173 Å². The Kier molecular flexibility index (Phi) is 7.87. The van der Waals surface area contributed by atoms with Crippen molar-refractivity contribution in [3.05, 3.63) is 190 Å². The van der Waals surface area contributed by atoms with Crippen molar-refractivity contribution in [3.8, 4) is 22.3 Å². The van der Waals surface area contributed by atoms with E-state index in [1.807, 2.05) is 13.8 Å². The van der Waals surface area contributed by atoms with Crippen molar-refractivity contribution in [3.63, 3.8) is 0 Å². The fourth-order valence-electron chi connectivity index (χ4n) is 7.30. The highest BCUT2D eigenvalue weighted by molar-refractivity contribution is 5.86. The molecule has 44 heavy (non-hydrogen) atoms. The zero-order chi connectivity index (χ0) is 30.9. The fraction of sp³-hybridized carbons (Fsp3) is 0.182. The smallest absolute Gasteiger partial charge is 0.0683 e. The minimum absolute atomic E-state index is 0.160. The molecule has 0 aromatic heterocycles. The van der Waals surface area contributed by atoms with E-state index in [-0.39, 0.29) is 10.8 Å². The zero-order valence-electron chi connectivity index (χ0n) is 26.9. The number of aryl methyl sites for hydroxylation is 2. The molecule has 0 heterocycles. The van der Waals surface area contributed by atoms with Crippen molar-refractivity contribution in [2.45, 2.75) is 52.4 Å². The van der Waals surface area contributed by atoms with Crippen LogP contribution in [0.25, 0.3) is 22.3 Å². The summed E-state index contributed by atoms with van der Waals surface area (Å²) in [4.78, 5) is 0. The Hall–Kier alpha value is -4.68. The van der Waals surface area contributed by atoms with Gasteiger partial charge in [-0.05, 0) is 69.5 Å². The summed E-state index contributed by atoms with van der Waals surface area (Å²) in [5, 5.41) is 0. The molecule has 2 aliphatic rings. The molecule has 0 spiro atoms. The molecule has 6 aromatic carbocycles. The molecule has 218 valence electrons. The Labute approximate surface area is 264 Å². The SMILES string of the molecule is CC.CC1(C)c2ccccc2-c2ccccc21.Cc1ccc(C2(c3ccc(C)cc3)c3ccccc3-c3ccccc32)cc1. The van der Waals surface area contributed by atoms with Gasteiger partial charge in [-0.3, -0.25) is 0 Å². The summed E-state index contributed by atoms with van der Waals surface area (Å²) < 4.78 is 0. The summed E-state index contributed by atoms with van der Waals surface area (Å²) >= 11 is 0. The van der Waals surface area contributed by atoms with Crippen LogP contribution in [0.3, 0.4) is 0 Å². The molecule has 8 rings (SSSR count). The van der Waals surface area contributed by atoms with Crippen LogP contribution in [-0.2, 0) is 10.8 Å². The van der Waals surface area contributed by atoms with Gasteiger partial charge in [-0.2, -0.15) is 0 Å². The van der Waals surface area contributed by atoms with E-state index in [0.717, 1.165) is 0 Å². The second-order valence-electron chi connectivity index (χ2n) is 12.3. The molecule has 0 nitrogen and oxygen atoms in total. The van der Waals surface area contributed by atoms with Crippen LogP contribution in [0.15, 0.2) is 146 Å². The second kappa shape index (κ2) is 11.8. The number of benzene rings is 6. The van der Waals surface area contributed by atoms with E-state index < -0.39 is 0 Å². The molecule has 0 saturated heterocycles. The first kappa shape index (κ1) is 29.4. The predicted octanol–water partition coefficient (Wildman–Crippen LogP) is 11.7. The molecule has 0 saturated carbocycles. The maximum absolute atomic E-state index is 2.30. The first-order valence-corrected chi connectivity index (χ1v) is 16.0. The van der Waals surface area contributed by atoms with Crippen LogP contribution in [0, 0.1) is 13.8 Å². The van der Waals surface area contributed by atoms with Gasteiger partial charge in [-0.1, -0.05) is 184 Å². The molecule has 0 fully saturated rings. The number of fused-ring (bicyclic) bond motifs is 6. The van der Waals surface area contributed by atoms with Gasteiger partial charge in [0.1, 0.15) is 0 Å². The van der Waals surface area contributed by atoms with Gasteiger partial charge >= 0.3 is 0 Å². The standard InChI is InChI=1S/C27H22.C15H14.C2H6/c1-19-11-15-21(16-12-19)27(22-17-13-20(2)14-18-22)25-9-5-3-7-23(25)24-8-4-6-10-26(24)27;1-15(2)13-9-5-3-7-11(13)12-8-4-6-10-14(12)15;1-2/h3-18H,1-2H3;3-10H,1-2H3;1-2H3. The third-order valence-corrected chi connectivity index (χ3v) is 9.41. The van der Waals surface area contributed by atoms with Crippen molar-refractivity contribution in [2.24, 2.45) is 0 Å². The topological polar surface area (TPSA) is 0 Å². The van der Waals surface area contributed by atoms with Gasteiger partial charge in [0.15, 0.2) is 0 Å². The average Bonchev–Trinajstić information content (AvgIpc) is 3.50. The Morgan fingerprint density at radius 1 is 0.341 bits per heavy atom. The second-order valence-corrected chi connectivity index (χ2v) is 12.3. The van der Waals surface area contributed by atoms with Crippen LogP contribution in [-0.4, -0.2) is 0 Å². The maximum Gasteiger partial charge on any atom is 0.0713 e. The van der Waals surface area contributed by atoms with Crippen molar-refractivity contribution >= 4 is 0 Å². The monoisotopic (exact) mass is 570 g/mol. The summed E-state index contributed by atoms with van der Waals surface area (Å²) in [5.74, 6) is 0. The van der Waals surface area contributed by atoms with Crippen molar-refractivity contribution in [1.29, 1.82) is 0 Å². The lowest BCUT2D eigenvalue weighted by Gasteiger charge is -2.34. The van der Waals surface area contributed by atoms with Crippen molar-refractivity contribution < 1.29 is 0 Å². The van der Waals surface area contributed by atoms with Crippen LogP contribution >= 0.6 is 0 Å². The molecule has 0 aliphatic heterocycles. The van der Waals surface area contributed by atoms with Gasteiger partial charge in [0.05, 0.1) is 5.41 Å². The Balaban J connectivity index is 0.000000170. The van der Waals surface area contributed by atoms with Gasteiger partial charge in [0.2, 0.25) is 0 Å². The van der Waals surface area contributed by atoms with Crippen LogP contribution < -0.4 is 0 Å². The highest BCUT2D eigenvalue weighted by Crippen LogP contribution is 2.56. The lowest BCUT2D eigenvalue weighted by molar-refractivity contribution is 0.660. The molecule has 0 atom stereocenters. The lowest BCUT2D eigenvalue weighted by Crippen LogP contribution is -2.28. The van der Waals surface area contributed by atoms with Gasteiger partial charge < -0.3 is 0 Å². The van der Waals surface area contributed by atoms with Crippen LogP contribution in [0.4, 0.5) is 0 Å². The minimum Gasteiger partial charge on any atom is -0.0683 e. The fourth-order valence-corrected chi connectivity index (χ4v) is 7.30. The normalized spacial score (nSPS) is 14.0. The molecule has 0 amide bonds. The average molecular weight is 571 g/mol. The maximum atomic E-state index is 2.30. The van der Waals surface area contributed by atoms with Crippen LogP contribution in [0.1, 0.15) is 72.2 Å². The summed E-state index contributed by atoms with van der Waals surface area (Å²) in [6, 6.07) is 53.3. The van der Waals surface area contributed by atoms with E-state index in [0.29, 0.717) is 0 Å². The number of hydrogen-bond donors (Lipinski definition) is 0. The molecule has 0 radical (unpaired) electrons. The molecule has 0 unspecified atom stereocenters. The van der Waals surface area contributed by atoms with Crippen molar-refractivity contribution in [2.75, 3.05) is 0 Å². The van der Waals surface area contributed by atoms with E-state index in [1.54, 1.807) is 0 Å². The zero-order valence-corrected chi connectivity index (χ0v) is 26.9. The Morgan fingerprint density at radius 2 is 0.614 bits per heavy atom. The van der Waals surface area contributed by atoms with E-state index in [4.69, 9.17) is 0 Å². The third kappa shape index (κ3) is 4.61. The summed E-state index contributed by atoms with van der Waals surface area (Å²) in [7, 11) is 0. The van der Waals surface area contributed by atoms with Crippen LogP contribution in [0.2, 0.25) is 0 Å². The Morgan fingerprint density at radius 3 is 0.955 bits per heavy atom. The lowest BCUT2D eigenvalue weighted by atomic mass is 9.67. The van der Waals surface area contributed by atoms with Crippen LogP contribution in [0.5, 0.6) is 0 Å².